The number of nitrogens with zero attached hydrogens (tertiary/aromatic N) is 1. The number of benzene rings is 1. The maximum Gasteiger partial charge on any atom is 0.200 e. The number of hydrogen-bond acceptors (Lipinski definition) is 2. The molecule has 1 aromatic rings. The average molecular weight is 395 g/mol. The molecule has 1 fully saturated rings. The third kappa shape index (κ3) is 4.71. The standard InChI is InChI=1S/C15H19F5N2.2ClH/c1-8(2)7-9(22-5-3-21-4-6-22)10-11(16)13(18)15(20)14(19)12(10)17;;/h8-9,21H,3-7H2,1-2H3;2*1H/t9-;;/m1../s1. The Morgan fingerprint density at radius 1 is 0.833 bits per heavy atom. The summed E-state index contributed by atoms with van der Waals surface area (Å²) in [5, 5.41) is 3.10. The molecule has 140 valence electrons. The van der Waals surface area contributed by atoms with Crippen molar-refractivity contribution in [1.82, 2.24) is 10.2 Å². The Bertz CT molecular complexity index is 522. The van der Waals surface area contributed by atoms with E-state index in [0.717, 1.165) is 0 Å². The van der Waals surface area contributed by atoms with Crippen molar-refractivity contribution in [3.8, 4) is 0 Å². The van der Waals surface area contributed by atoms with Crippen LogP contribution in [0.15, 0.2) is 0 Å². The molecule has 0 aromatic heterocycles. The zero-order chi connectivity index (χ0) is 16.4. The molecule has 2 rings (SSSR count). The minimum Gasteiger partial charge on any atom is -0.314 e. The molecular weight excluding hydrogens is 374 g/mol. The lowest BCUT2D eigenvalue weighted by molar-refractivity contribution is 0.145. The first-order valence-electron chi connectivity index (χ1n) is 7.30. The van der Waals surface area contributed by atoms with Crippen molar-refractivity contribution in [2.24, 2.45) is 5.92 Å². The fourth-order valence-electron chi connectivity index (χ4n) is 2.80. The fourth-order valence-corrected chi connectivity index (χ4v) is 2.80. The fraction of sp³-hybridized carbons (Fsp3) is 0.600. The quantitative estimate of drug-likeness (QED) is 0.467. The van der Waals surface area contributed by atoms with Crippen LogP contribution in [-0.4, -0.2) is 31.1 Å². The van der Waals surface area contributed by atoms with Gasteiger partial charge in [0.05, 0.1) is 0 Å². The first-order chi connectivity index (χ1) is 10.3. The Kier molecular flexibility index (Phi) is 9.49. The van der Waals surface area contributed by atoms with Crippen molar-refractivity contribution in [1.29, 1.82) is 0 Å². The molecule has 0 aliphatic carbocycles. The minimum atomic E-state index is -2.11. The summed E-state index contributed by atoms with van der Waals surface area (Å²) in [5.74, 6) is -9.26. The van der Waals surface area contributed by atoms with E-state index in [-0.39, 0.29) is 30.7 Å². The van der Waals surface area contributed by atoms with Crippen LogP contribution in [0.5, 0.6) is 0 Å². The van der Waals surface area contributed by atoms with Crippen LogP contribution in [0.2, 0.25) is 0 Å². The van der Waals surface area contributed by atoms with Gasteiger partial charge in [-0.25, -0.2) is 22.0 Å². The second kappa shape index (κ2) is 9.75. The molecule has 1 aromatic carbocycles. The Morgan fingerprint density at radius 3 is 1.67 bits per heavy atom. The summed E-state index contributed by atoms with van der Waals surface area (Å²) < 4.78 is 68.4. The molecule has 1 aliphatic rings. The van der Waals surface area contributed by atoms with Crippen LogP contribution in [0.1, 0.15) is 31.9 Å². The van der Waals surface area contributed by atoms with E-state index in [0.29, 0.717) is 32.6 Å². The van der Waals surface area contributed by atoms with E-state index in [1.165, 1.54) is 0 Å². The first-order valence-corrected chi connectivity index (χ1v) is 7.30. The Labute approximate surface area is 150 Å². The van der Waals surface area contributed by atoms with Gasteiger partial charge in [-0.3, -0.25) is 4.90 Å². The highest BCUT2D eigenvalue weighted by Gasteiger charge is 2.34. The first kappa shape index (κ1) is 23.4. The number of hydrogen-bond donors (Lipinski definition) is 1. The second-order valence-electron chi connectivity index (χ2n) is 5.91. The van der Waals surface area contributed by atoms with Crippen molar-refractivity contribution in [2.75, 3.05) is 26.2 Å². The lowest BCUT2D eigenvalue weighted by Gasteiger charge is -2.36. The van der Waals surface area contributed by atoms with Gasteiger partial charge in [0.25, 0.3) is 0 Å². The summed E-state index contributed by atoms with van der Waals surface area (Å²) in [6.45, 7) is 5.92. The maximum atomic E-state index is 14.1. The van der Waals surface area contributed by atoms with Crippen molar-refractivity contribution in [3.63, 3.8) is 0 Å². The second-order valence-corrected chi connectivity index (χ2v) is 5.91. The van der Waals surface area contributed by atoms with Gasteiger partial charge in [-0.05, 0) is 12.3 Å². The minimum absolute atomic E-state index is 0. The van der Waals surface area contributed by atoms with Crippen LogP contribution in [0.3, 0.4) is 0 Å². The lowest BCUT2D eigenvalue weighted by atomic mass is 9.93. The molecule has 0 saturated carbocycles. The van der Waals surface area contributed by atoms with Crippen molar-refractivity contribution in [2.45, 2.75) is 26.3 Å². The molecule has 1 saturated heterocycles. The van der Waals surface area contributed by atoms with Crippen LogP contribution >= 0.6 is 24.8 Å². The SMILES string of the molecule is CC(C)C[C@H](c1c(F)c(F)c(F)c(F)c1F)N1CCNCC1.Cl.Cl. The normalized spacial score (nSPS) is 16.5. The van der Waals surface area contributed by atoms with E-state index in [1.807, 2.05) is 13.8 Å². The number of nitrogens with one attached hydrogen (secondary N) is 1. The molecule has 0 amide bonds. The third-order valence-corrected chi connectivity index (χ3v) is 3.86. The van der Waals surface area contributed by atoms with Gasteiger partial charge in [-0.15, -0.1) is 24.8 Å². The topological polar surface area (TPSA) is 15.3 Å². The van der Waals surface area contributed by atoms with Gasteiger partial charge < -0.3 is 5.32 Å². The van der Waals surface area contributed by atoms with E-state index in [9.17, 15) is 22.0 Å². The average Bonchev–Trinajstić information content (AvgIpc) is 2.50. The number of piperazine rings is 1. The molecule has 9 heteroatoms. The van der Waals surface area contributed by atoms with Gasteiger partial charge in [-0.1, -0.05) is 13.8 Å². The van der Waals surface area contributed by atoms with E-state index < -0.39 is 40.7 Å². The monoisotopic (exact) mass is 394 g/mol. The maximum absolute atomic E-state index is 14.1. The molecule has 0 bridgehead atoms. The van der Waals surface area contributed by atoms with Gasteiger partial charge in [0.1, 0.15) is 0 Å². The molecule has 24 heavy (non-hydrogen) atoms. The number of rotatable bonds is 4. The highest BCUT2D eigenvalue weighted by Crippen LogP contribution is 2.35. The molecule has 2 nitrogen and oxygen atoms in total. The predicted molar refractivity (Wildman–Crippen MR) is 87.4 cm³/mol. The Hall–Kier alpha value is -0.630. The highest BCUT2D eigenvalue weighted by molar-refractivity contribution is 5.85. The van der Waals surface area contributed by atoms with Crippen LogP contribution in [0.4, 0.5) is 22.0 Å². The Morgan fingerprint density at radius 2 is 1.25 bits per heavy atom. The smallest absolute Gasteiger partial charge is 0.200 e. The summed E-state index contributed by atoms with van der Waals surface area (Å²) in [6.07, 6.45) is 0.318. The largest absolute Gasteiger partial charge is 0.314 e. The van der Waals surface area contributed by atoms with E-state index in [4.69, 9.17) is 0 Å². The highest BCUT2D eigenvalue weighted by atomic mass is 35.5. The zero-order valence-electron chi connectivity index (χ0n) is 13.3. The summed E-state index contributed by atoms with van der Waals surface area (Å²) in [6, 6.07) is -0.827. The molecular formula is C15H21Cl2F5N2. The Balaban J connectivity index is 0.00000264. The van der Waals surface area contributed by atoms with Gasteiger partial charge in [0.15, 0.2) is 23.3 Å². The van der Waals surface area contributed by atoms with Gasteiger partial charge >= 0.3 is 0 Å². The third-order valence-electron chi connectivity index (χ3n) is 3.86. The van der Waals surface area contributed by atoms with Crippen LogP contribution in [0.25, 0.3) is 0 Å². The summed E-state index contributed by atoms with van der Waals surface area (Å²) in [7, 11) is 0. The lowest BCUT2D eigenvalue weighted by Crippen LogP contribution is -2.46. The van der Waals surface area contributed by atoms with Gasteiger partial charge in [0.2, 0.25) is 5.82 Å². The molecule has 0 unspecified atom stereocenters. The van der Waals surface area contributed by atoms with Crippen molar-refractivity contribution < 1.29 is 22.0 Å². The number of halogens is 7. The van der Waals surface area contributed by atoms with E-state index >= 15 is 0 Å². The zero-order valence-corrected chi connectivity index (χ0v) is 15.0. The molecule has 1 heterocycles. The summed E-state index contributed by atoms with van der Waals surface area (Å²) in [4.78, 5) is 1.77. The summed E-state index contributed by atoms with van der Waals surface area (Å²) in [5.41, 5.74) is -0.716. The van der Waals surface area contributed by atoms with Gasteiger partial charge in [-0.2, -0.15) is 0 Å². The van der Waals surface area contributed by atoms with Crippen LogP contribution < -0.4 is 5.32 Å². The molecule has 1 N–H and O–H groups in total. The van der Waals surface area contributed by atoms with Crippen LogP contribution in [-0.2, 0) is 0 Å². The van der Waals surface area contributed by atoms with Crippen molar-refractivity contribution in [3.05, 3.63) is 34.6 Å². The molecule has 0 radical (unpaired) electrons. The van der Waals surface area contributed by atoms with Crippen LogP contribution in [0, 0.1) is 35.0 Å². The van der Waals surface area contributed by atoms with E-state index in [1.54, 1.807) is 4.90 Å². The predicted octanol–water partition coefficient (Wildman–Crippen LogP) is 4.22. The van der Waals surface area contributed by atoms with Crippen molar-refractivity contribution >= 4 is 24.8 Å². The summed E-state index contributed by atoms with van der Waals surface area (Å²) >= 11 is 0. The molecule has 0 spiro atoms. The molecule has 1 atom stereocenters. The van der Waals surface area contributed by atoms with E-state index in [2.05, 4.69) is 5.32 Å². The van der Waals surface area contributed by atoms with Gasteiger partial charge in [0, 0.05) is 37.8 Å². The molecule has 1 aliphatic heterocycles.